The van der Waals surface area contributed by atoms with E-state index in [2.05, 4.69) is 36.4 Å². The highest BCUT2D eigenvalue weighted by Gasteiger charge is 2.05. The van der Waals surface area contributed by atoms with Crippen LogP contribution in [0.4, 0.5) is 0 Å². The Labute approximate surface area is 71.5 Å². The standard InChI is InChI=1S/C7H16IN/c1-6(7(2)9)4-3-5-8/h6-7H,3-5,9H2,1-2H3/t6-,7-/m0/s1. The maximum atomic E-state index is 5.67. The van der Waals surface area contributed by atoms with E-state index in [1.54, 1.807) is 0 Å². The van der Waals surface area contributed by atoms with Crippen LogP contribution in [-0.4, -0.2) is 10.5 Å². The highest BCUT2D eigenvalue weighted by atomic mass is 127. The monoisotopic (exact) mass is 241 g/mol. The van der Waals surface area contributed by atoms with Gasteiger partial charge in [0.15, 0.2) is 0 Å². The molecule has 56 valence electrons. The van der Waals surface area contributed by atoms with Crippen molar-refractivity contribution in [3.8, 4) is 0 Å². The molecule has 0 radical (unpaired) electrons. The van der Waals surface area contributed by atoms with Crippen molar-refractivity contribution in [1.29, 1.82) is 0 Å². The van der Waals surface area contributed by atoms with Crippen LogP contribution in [0.1, 0.15) is 26.7 Å². The lowest BCUT2D eigenvalue weighted by molar-refractivity contribution is 0.448. The van der Waals surface area contributed by atoms with E-state index in [1.807, 2.05) is 0 Å². The Bertz CT molecular complexity index is 63.9. The first-order valence-electron chi connectivity index (χ1n) is 3.50. The second kappa shape index (κ2) is 5.47. The minimum Gasteiger partial charge on any atom is -0.328 e. The van der Waals surface area contributed by atoms with Crippen molar-refractivity contribution in [3.05, 3.63) is 0 Å². The summed E-state index contributed by atoms with van der Waals surface area (Å²) in [4.78, 5) is 0. The lowest BCUT2D eigenvalue weighted by atomic mass is 9.99. The Morgan fingerprint density at radius 1 is 1.44 bits per heavy atom. The zero-order chi connectivity index (χ0) is 7.28. The SMILES string of the molecule is C[C@H](N)[C@@H](C)CCCI. The largest absolute Gasteiger partial charge is 0.328 e. The molecule has 0 bridgehead atoms. The van der Waals surface area contributed by atoms with E-state index >= 15 is 0 Å². The third-order valence-corrected chi connectivity index (χ3v) is 2.45. The zero-order valence-electron chi connectivity index (χ0n) is 6.23. The van der Waals surface area contributed by atoms with Crippen molar-refractivity contribution < 1.29 is 0 Å². The van der Waals surface area contributed by atoms with E-state index in [-0.39, 0.29) is 0 Å². The molecule has 2 atom stereocenters. The minimum atomic E-state index is 0.368. The summed E-state index contributed by atoms with van der Waals surface area (Å²) in [6.45, 7) is 4.30. The summed E-state index contributed by atoms with van der Waals surface area (Å²) >= 11 is 2.40. The van der Waals surface area contributed by atoms with Gasteiger partial charge in [-0.05, 0) is 30.1 Å². The Balaban J connectivity index is 3.16. The quantitative estimate of drug-likeness (QED) is 0.592. The molecule has 0 saturated heterocycles. The van der Waals surface area contributed by atoms with Crippen LogP contribution in [0.15, 0.2) is 0 Å². The molecule has 0 fully saturated rings. The molecule has 1 nitrogen and oxygen atoms in total. The number of hydrogen-bond donors (Lipinski definition) is 1. The molecule has 0 aliphatic rings. The summed E-state index contributed by atoms with van der Waals surface area (Å²) in [5.41, 5.74) is 5.67. The van der Waals surface area contributed by atoms with E-state index in [0.29, 0.717) is 12.0 Å². The van der Waals surface area contributed by atoms with Crippen molar-refractivity contribution in [2.75, 3.05) is 4.43 Å². The summed E-state index contributed by atoms with van der Waals surface area (Å²) in [5, 5.41) is 0. The van der Waals surface area contributed by atoms with Crippen molar-refractivity contribution in [1.82, 2.24) is 0 Å². The number of halogens is 1. The molecule has 0 saturated carbocycles. The summed E-state index contributed by atoms with van der Waals surface area (Å²) in [6, 6.07) is 0.368. The molecule has 2 heteroatoms. The summed E-state index contributed by atoms with van der Waals surface area (Å²) in [6.07, 6.45) is 2.59. The second-order valence-corrected chi connectivity index (χ2v) is 3.75. The van der Waals surface area contributed by atoms with Crippen LogP contribution in [0.2, 0.25) is 0 Å². The summed E-state index contributed by atoms with van der Waals surface area (Å²) < 4.78 is 1.26. The van der Waals surface area contributed by atoms with Crippen molar-refractivity contribution in [2.45, 2.75) is 32.7 Å². The van der Waals surface area contributed by atoms with Gasteiger partial charge in [-0.1, -0.05) is 29.5 Å². The molecule has 2 N–H and O–H groups in total. The first kappa shape index (κ1) is 9.69. The fraction of sp³-hybridized carbons (Fsp3) is 1.00. The third kappa shape index (κ3) is 5.15. The fourth-order valence-electron chi connectivity index (χ4n) is 0.662. The van der Waals surface area contributed by atoms with Gasteiger partial charge in [0, 0.05) is 6.04 Å². The van der Waals surface area contributed by atoms with Crippen LogP contribution in [0, 0.1) is 5.92 Å². The molecule has 9 heavy (non-hydrogen) atoms. The fourth-order valence-corrected chi connectivity index (χ4v) is 1.10. The first-order chi connectivity index (χ1) is 4.18. The van der Waals surface area contributed by atoms with Crippen LogP contribution < -0.4 is 5.73 Å². The highest BCUT2D eigenvalue weighted by Crippen LogP contribution is 2.09. The van der Waals surface area contributed by atoms with Gasteiger partial charge < -0.3 is 5.73 Å². The maximum Gasteiger partial charge on any atom is 0.00361 e. The molecular formula is C7H16IN. The first-order valence-corrected chi connectivity index (χ1v) is 5.02. The average molecular weight is 241 g/mol. The van der Waals surface area contributed by atoms with Crippen molar-refractivity contribution in [2.24, 2.45) is 11.7 Å². The Morgan fingerprint density at radius 2 is 2.00 bits per heavy atom. The molecule has 0 rings (SSSR count). The van der Waals surface area contributed by atoms with Crippen LogP contribution in [0.5, 0.6) is 0 Å². The molecule has 0 aromatic rings. The van der Waals surface area contributed by atoms with Gasteiger partial charge in [0.05, 0.1) is 0 Å². The summed E-state index contributed by atoms with van der Waals surface area (Å²) in [7, 11) is 0. The van der Waals surface area contributed by atoms with Gasteiger partial charge >= 0.3 is 0 Å². The molecule has 0 unspecified atom stereocenters. The molecule has 0 aliphatic heterocycles. The van der Waals surface area contributed by atoms with Crippen molar-refractivity contribution >= 4 is 22.6 Å². The lowest BCUT2D eigenvalue weighted by Crippen LogP contribution is -2.23. The van der Waals surface area contributed by atoms with Gasteiger partial charge in [-0.3, -0.25) is 0 Å². The van der Waals surface area contributed by atoms with Crippen LogP contribution in [0.25, 0.3) is 0 Å². The predicted molar refractivity (Wildman–Crippen MR) is 50.9 cm³/mol. The van der Waals surface area contributed by atoms with Crippen LogP contribution >= 0.6 is 22.6 Å². The smallest absolute Gasteiger partial charge is 0.00361 e. The topological polar surface area (TPSA) is 26.0 Å². The van der Waals surface area contributed by atoms with E-state index in [1.165, 1.54) is 17.3 Å². The molecular weight excluding hydrogens is 225 g/mol. The van der Waals surface area contributed by atoms with E-state index in [9.17, 15) is 0 Å². The van der Waals surface area contributed by atoms with E-state index < -0.39 is 0 Å². The van der Waals surface area contributed by atoms with Crippen LogP contribution in [0.3, 0.4) is 0 Å². The normalized spacial score (nSPS) is 17.3. The van der Waals surface area contributed by atoms with E-state index in [4.69, 9.17) is 5.73 Å². The van der Waals surface area contributed by atoms with Gasteiger partial charge in [-0.2, -0.15) is 0 Å². The minimum absolute atomic E-state index is 0.368. The van der Waals surface area contributed by atoms with Crippen molar-refractivity contribution in [3.63, 3.8) is 0 Å². The average Bonchev–Trinajstić information content (AvgIpc) is 1.82. The Kier molecular flexibility index (Phi) is 5.89. The molecule has 0 amide bonds. The lowest BCUT2D eigenvalue weighted by Gasteiger charge is -2.13. The number of alkyl halides is 1. The number of nitrogens with two attached hydrogens (primary N) is 1. The van der Waals surface area contributed by atoms with Gasteiger partial charge in [0.1, 0.15) is 0 Å². The maximum absolute atomic E-state index is 5.67. The Morgan fingerprint density at radius 3 is 2.33 bits per heavy atom. The highest BCUT2D eigenvalue weighted by molar-refractivity contribution is 14.1. The molecule has 0 aliphatic carbocycles. The van der Waals surface area contributed by atoms with Gasteiger partial charge in [0.2, 0.25) is 0 Å². The predicted octanol–water partition coefficient (Wildman–Crippen LogP) is 2.18. The van der Waals surface area contributed by atoms with E-state index in [0.717, 1.165) is 0 Å². The van der Waals surface area contributed by atoms with Gasteiger partial charge in [0.25, 0.3) is 0 Å². The summed E-state index contributed by atoms with van der Waals surface area (Å²) in [5.74, 6) is 0.694. The molecule has 0 aromatic carbocycles. The number of rotatable bonds is 4. The molecule has 0 spiro atoms. The number of hydrogen-bond acceptors (Lipinski definition) is 1. The second-order valence-electron chi connectivity index (χ2n) is 2.67. The molecule has 0 heterocycles. The van der Waals surface area contributed by atoms with Crippen LogP contribution in [-0.2, 0) is 0 Å². The van der Waals surface area contributed by atoms with Gasteiger partial charge in [-0.25, -0.2) is 0 Å². The van der Waals surface area contributed by atoms with Gasteiger partial charge in [-0.15, -0.1) is 0 Å². The Hall–Kier alpha value is 0.690. The third-order valence-electron chi connectivity index (χ3n) is 1.69. The zero-order valence-corrected chi connectivity index (χ0v) is 8.39. The molecule has 0 aromatic heterocycles.